The van der Waals surface area contributed by atoms with Gasteiger partial charge in [-0.05, 0) is 38.8 Å². The van der Waals surface area contributed by atoms with Crippen molar-refractivity contribution in [2.45, 2.75) is 84.8 Å². The van der Waals surface area contributed by atoms with E-state index in [1.165, 1.54) is 44.2 Å². The third kappa shape index (κ3) is 8.09. The van der Waals surface area contributed by atoms with Crippen molar-refractivity contribution in [2.75, 3.05) is 25.1 Å². The molecule has 0 saturated heterocycles. The SMILES string of the molecule is CCCCCCCC[C@H](CNc1ccccc1)C(CC)(OCC)OCC. The summed E-state index contributed by atoms with van der Waals surface area (Å²) in [6.45, 7) is 10.8. The Kier molecular flexibility index (Phi) is 12.4. The Balaban J connectivity index is 2.70. The van der Waals surface area contributed by atoms with E-state index in [1.54, 1.807) is 0 Å². The lowest BCUT2D eigenvalue weighted by Crippen LogP contribution is -2.46. The number of hydrogen-bond acceptors (Lipinski definition) is 3. The van der Waals surface area contributed by atoms with Crippen LogP contribution in [-0.2, 0) is 9.47 Å². The molecule has 0 saturated carbocycles. The highest BCUT2D eigenvalue weighted by atomic mass is 16.7. The lowest BCUT2D eigenvalue weighted by molar-refractivity contribution is -0.264. The largest absolute Gasteiger partial charge is 0.385 e. The van der Waals surface area contributed by atoms with Crippen LogP contribution in [0.5, 0.6) is 0 Å². The molecule has 0 aromatic heterocycles. The lowest BCUT2D eigenvalue weighted by Gasteiger charge is -2.40. The van der Waals surface area contributed by atoms with Crippen LogP contribution in [0.4, 0.5) is 5.69 Å². The maximum absolute atomic E-state index is 6.20. The number of nitrogens with one attached hydrogen (secondary N) is 1. The van der Waals surface area contributed by atoms with Crippen LogP contribution in [0.1, 0.15) is 79.1 Å². The van der Waals surface area contributed by atoms with Gasteiger partial charge in [0.05, 0.1) is 0 Å². The number of anilines is 1. The van der Waals surface area contributed by atoms with Crippen molar-refractivity contribution in [1.29, 1.82) is 0 Å². The number of ether oxygens (including phenoxy) is 2. The van der Waals surface area contributed by atoms with Gasteiger partial charge in [0.2, 0.25) is 0 Å². The number of benzene rings is 1. The first-order chi connectivity index (χ1) is 12.7. The average molecular weight is 364 g/mol. The van der Waals surface area contributed by atoms with Crippen molar-refractivity contribution < 1.29 is 9.47 Å². The van der Waals surface area contributed by atoms with Gasteiger partial charge in [0.1, 0.15) is 0 Å². The number of hydrogen-bond donors (Lipinski definition) is 1. The van der Waals surface area contributed by atoms with Gasteiger partial charge in [-0.15, -0.1) is 0 Å². The molecule has 0 aliphatic rings. The number of rotatable bonds is 16. The fourth-order valence-electron chi connectivity index (χ4n) is 3.70. The van der Waals surface area contributed by atoms with E-state index in [-0.39, 0.29) is 0 Å². The van der Waals surface area contributed by atoms with Crippen LogP contribution in [0.25, 0.3) is 0 Å². The van der Waals surface area contributed by atoms with Crippen molar-refractivity contribution in [3.63, 3.8) is 0 Å². The van der Waals surface area contributed by atoms with Gasteiger partial charge in [-0.2, -0.15) is 0 Å². The van der Waals surface area contributed by atoms with Gasteiger partial charge in [0.15, 0.2) is 5.79 Å². The lowest BCUT2D eigenvalue weighted by atomic mass is 9.89. The molecule has 0 amide bonds. The number of para-hydroxylation sites is 1. The first-order valence-electron chi connectivity index (χ1n) is 10.8. The smallest absolute Gasteiger partial charge is 0.172 e. The van der Waals surface area contributed by atoms with E-state index in [0.717, 1.165) is 19.4 Å². The normalized spacial score (nSPS) is 12.9. The first kappa shape index (κ1) is 23.0. The van der Waals surface area contributed by atoms with Crippen LogP contribution in [0.15, 0.2) is 30.3 Å². The second kappa shape index (κ2) is 14.1. The highest BCUT2D eigenvalue weighted by Crippen LogP contribution is 2.32. The minimum absolute atomic E-state index is 0.346. The van der Waals surface area contributed by atoms with E-state index in [9.17, 15) is 0 Å². The van der Waals surface area contributed by atoms with E-state index in [1.807, 2.05) is 0 Å². The van der Waals surface area contributed by atoms with E-state index in [2.05, 4.69) is 63.3 Å². The summed E-state index contributed by atoms with van der Waals surface area (Å²) < 4.78 is 12.4. The molecule has 1 aromatic rings. The highest BCUT2D eigenvalue weighted by Gasteiger charge is 2.38. The maximum atomic E-state index is 6.20. The summed E-state index contributed by atoms with van der Waals surface area (Å²) in [5.74, 6) is -0.131. The topological polar surface area (TPSA) is 30.5 Å². The zero-order valence-corrected chi connectivity index (χ0v) is 17.6. The zero-order valence-electron chi connectivity index (χ0n) is 17.6. The minimum Gasteiger partial charge on any atom is -0.385 e. The monoisotopic (exact) mass is 363 g/mol. The van der Waals surface area contributed by atoms with Crippen molar-refractivity contribution in [3.8, 4) is 0 Å². The first-order valence-corrected chi connectivity index (χ1v) is 10.8. The van der Waals surface area contributed by atoms with Crippen LogP contribution in [0.2, 0.25) is 0 Å². The van der Waals surface area contributed by atoms with Crippen LogP contribution in [0.3, 0.4) is 0 Å². The zero-order chi connectivity index (χ0) is 19.1. The van der Waals surface area contributed by atoms with Gasteiger partial charge in [-0.1, -0.05) is 70.6 Å². The van der Waals surface area contributed by atoms with Gasteiger partial charge < -0.3 is 14.8 Å². The van der Waals surface area contributed by atoms with Gasteiger partial charge in [0.25, 0.3) is 0 Å². The summed E-state index contributed by atoms with van der Waals surface area (Å²) in [6.07, 6.45) is 9.93. The molecule has 26 heavy (non-hydrogen) atoms. The molecule has 0 fully saturated rings. The summed E-state index contributed by atoms with van der Waals surface area (Å²) in [6, 6.07) is 10.4. The molecule has 1 rings (SSSR count). The Morgan fingerprint density at radius 2 is 1.46 bits per heavy atom. The Morgan fingerprint density at radius 1 is 0.846 bits per heavy atom. The molecule has 0 bridgehead atoms. The molecule has 150 valence electrons. The van der Waals surface area contributed by atoms with Gasteiger partial charge in [-0.3, -0.25) is 0 Å². The molecule has 0 unspecified atom stereocenters. The van der Waals surface area contributed by atoms with Gasteiger partial charge in [0, 0.05) is 31.4 Å². The summed E-state index contributed by atoms with van der Waals surface area (Å²) in [4.78, 5) is 0. The second-order valence-electron chi connectivity index (χ2n) is 7.03. The summed E-state index contributed by atoms with van der Waals surface area (Å²) >= 11 is 0. The van der Waals surface area contributed by atoms with Gasteiger partial charge >= 0.3 is 0 Å². The van der Waals surface area contributed by atoms with Crippen LogP contribution >= 0.6 is 0 Å². The number of unbranched alkanes of at least 4 members (excludes halogenated alkanes) is 5. The van der Waals surface area contributed by atoms with Crippen LogP contribution in [-0.4, -0.2) is 25.5 Å². The van der Waals surface area contributed by atoms with Crippen molar-refractivity contribution >= 4 is 5.69 Å². The fraction of sp³-hybridized carbons (Fsp3) is 0.739. The van der Waals surface area contributed by atoms with E-state index in [0.29, 0.717) is 19.1 Å². The third-order valence-corrected chi connectivity index (χ3v) is 5.12. The molecule has 1 N–H and O–H groups in total. The Bertz CT molecular complexity index is 429. The van der Waals surface area contributed by atoms with E-state index >= 15 is 0 Å². The fourth-order valence-corrected chi connectivity index (χ4v) is 3.70. The summed E-state index contributed by atoms with van der Waals surface area (Å²) in [5.41, 5.74) is 1.17. The molecular weight excluding hydrogens is 322 g/mol. The second-order valence-corrected chi connectivity index (χ2v) is 7.03. The Labute approximate surface area is 161 Å². The van der Waals surface area contributed by atoms with E-state index in [4.69, 9.17) is 9.47 Å². The Morgan fingerprint density at radius 3 is 2.04 bits per heavy atom. The molecule has 1 atom stereocenters. The molecule has 0 radical (unpaired) electrons. The molecule has 1 aromatic carbocycles. The van der Waals surface area contributed by atoms with Crippen LogP contribution in [0, 0.1) is 5.92 Å². The van der Waals surface area contributed by atoms with Crippen LogP contribution < -0.4 is 5.32 Å². The molecule has 3 nitrogen and oxygen atoms in total. The predicted molar refractivity (Wildman–Crippen MR) is 113 cm³/mol. The molecule has 0 aliphatic carbocycles. The molecule has 0 aliphatic heterocycles. The highest BCUT2D eigenvalue weighted by molar-refractivity contribution is 5.42. The van der Waals surface area contributed by atoms with E-state index < -0.39 is 5.79 Å². The summed E-state index contributed by atoms with van der Waals surface area (Å²) in [7, 11) is 0. The summed E-state index contributed by atoms with van der Waals surface area (Å²) in [5, 5.41) is 3.60. The molecule has 0 spiro atoms. The Hall–Kier alpha value is -1.06. The molecule has 0 heterocycles. The van der Waals surface area contributed by atoms with Gasteiger partial charge in [-0.25, -0.2) is 0 Å². The van der Waals surface area contributed by atoms with Crippen molar-refractivity contribution in [3.05, 3.63) is 30.3 Å². The molecule has 3 heteroatoms. The minimum atomic E-state index is -0.477. The van der Waals surface area contributed by atoms with Crippen molar-refractivity contribution in [1.82, 2.24) is 0 Å². The predicted octanol–water partition coefficient (Wildman–Crippen LogP) is 6.64. The quantitative estimate of drug-likeness (QED) is 0.263. The standard InChI is InChI=1S/C23H41NO2/c1-5-9-10-11-12-14-17-21(20-24-22-18-15-13-16-19-22)23(6-2,25-7-3)26-8-4/h13,15-16,18-19,21,24H,5-12,14,17,20H2,1-4H3/t21-/m1/s1. The third-order valence-electron chi connectivity index (χ3n) is 5.12. The average Bonchev–Trinajstić information content (AvgIpc) is 2.67. The maximum Gasteiger partial charge on any atom is 0.172 e. The molecular formula is C23H41NO2. The van der Waals surface area contributed by atoms with Crippen molar-refractivity contribution in [2.24, 2.45) is 5.92 Å².